The van der Waals surface area contributed by atoms with Gasteiger partial charge in [0.2, 0.25) is 0 Å². The van der Waals surface area contributed by atoms with Crippen molar-refractivity contribution in [2.24, 2.45) is 7.05 Å². The zero-order chi connectivity index (χ0) is 14.9. The van der Waals surface area contributed by atoms with Crippen molar-refractivity contribution in [2.45, 2.75) is 58.7 Å². The van der Waals surface area contributed by atoms with Gasteiger partial charge in [-0.05, 0) is 26.7 Å². The first-order valence-corrected chi connectivity index (χ1v) is 7.95. The molecule has 0 spiro atoms. The van der Waals surface area contributed by atoms with Crippen LogP contribution in [0.5, 0.6) is 0 Å². The molecule has 1 N–H and O–H groups in total. The molecule has 2 rings (SSSR count). The van der Waals surface area contributed by atoms with E-state index in [4.69, 9.17) is 11.6 Å². The van der Waals surface area contributed by atoms with E-state index in [1.54, 1.807) is 0 Å². The molecule has 5 heteroatoms. The number of rotatable bonds is 4. The van der Waals surface area contributed by atoms with Crippen molar-refractivity contribution in [1.29, 1.82) is 0 Å². The lowest BCUT2D eigenvalue weighted by Crippen LogP contribution is -2.61. The zero-order valence-electron chi connectivity index (χ0n) is 13.3. The molecule has 1 unspecified atom stereocenters. The van der Waals surface area contributed by atoms with Crippen molar-refractivity contribution >= 4 is 11.6 Å². The molecule has 2 heterocycles. The number of aryl methyl sites for hydroxylation is 2. The van der Waals surface area contributed by atoms with Crippen molar-refractivity contribution in [3.05, 3.63) is 16.4 Å². The van der Waals surface area contributed by atoms with E-state index < -0.39 is 0 Å². The molecule has 0 saturated carbocycles. The summed E-state index contributed by atoms with van der Waals surface area (Å²) in [7, 11) is 1.99. The topological polar surface area (TPSA) is 33.1 Å². The van der Waals surface area contributed by atoms with Gasteiger partial charge in [-0.25, -0.2) is 0 Å². The Bertz CT molecular complexity index is 467. The molecular weight excluding hydrogens is 272 g/mol. The SMILES string of the molecule is CCc1nn(C)c(CN2CC(C)(C)NCC2CC)c1Cl. The third-order valence-electron chi connectivity index (χ3n) is 4.26. The molecular formula is C15H27ClN4. The molecule has 4 nitrogen and oxygen atoms in total. The highest BCUT2D eigenvalue weighted by Gasteiger charge is 2.32. The summed E-state index contributed by atoms with van der Waals surface area (Å²) in [4.78, 5) is 2.54. The van der Waals surface area contributed by atoms with Crippen molar-refractivity contribution in [3.8, 4) is 0 Å². The van der Waals surface area contributed by atoms with Gasteiger partial charge in [-0.3, -0.25) is 9.58 Å². The van der Waals surface area contributed by atoms with Gasteiger partial charge < -0.3 is 5.32 Å². The molecule has 1 aliphatic rings. The average Bonchev–Trinajstić information content (AvgIpc) is 2.65. The normalized spacial score (nSPS) is 23.2. The molecule has 1 atom stereocenters. The standard InChI is InChI=1S/C15H27ClN4/c1-6-11-8-17-15(3,4)10-20(11)9-13-14(16)12(7-2)18-19(13)5/h11,17H,6-10H2,1-5H3. The first kappa shape index (κ1) is 15.8. The lowest BCUT2D eigenvalue weighted by Gasteiger charge is -2.44. The Balaban J connectivity index is 2.20. The Labute approximate surface area is 127 Å². The number of nitrogens with one attached hydrogen (secondary N) is 1. The fourth-order valence-electron chi connectivity index (χ4n) is 2.99. The first-order valence-electron chi connectivity index (χ1n) is 7.57. The second-order valence-electron chi connectivity index (χ2n) is 6.42. The monoisotopic (exact) mass is 298 g/mol. The van der Waals surface area contributed by atoms with Crippen molar-refractivity contribution in [1.82, 2.24) is 20.0 Å². The van der Waals surface area contributed by atoms with Crippen LogP contribution >= 0.6 is 11.6 Å². The van der Waals surface area contributed by atoms with E-state index in [0.717, 1.165) is 48.9 Å². The highest BCUT2D eigenvalue weighted by atomic mass is 35.5. The summed E-state index contributed by atoms with van der Waals surface area (Å²) >= 11 is 6.49. The van der Waals surface area contributed by atoms with E-state index in [1.807, 2.05) is 11.7 Å². The second kappa shape index (κ2) is 6.04. The van der Waals surface area contributed by atoms with Crippen LogP contribution in [0, 0.1) is 0 Å². The third kappa shape index (κ3) is 3.18. The number of hydrogen-bond acceptors (Lipinski definition) is 3. The lowest BCUT2D eigenvalue weighted by molar-refractivity contribution is 0.0836. The van der Waals surface area contributed by atoms with E-state index in [2.05, 4.69) is 43.0 Å². The van der Waals surface area contributed by atoms with Gasteiger partial charge in [0.25, 0.3) is 0 Å². The van der Waals surface area contributed by atoms with Gasteiger partial charge >= 0.3 is 0 Å². The quantitative estimate of drug-likeness (QED) is 0.927. The van der Waals surface area contributed by atoms with Crippen molar-refractivity contribution in [3.63, 3.8) is 0 Å². The molecule has 0 aliphatic carbocycles. The number of halogens is 1. The fourth-order valence-corrected chi connectivity index (χ4v) is 3.34. The maximum absolute atomic E-state index is 6.49. The van der Waals surface area contributed by atoms with Crippen molar-refractivity contribution in [2.75, 3.05) is 13.1 Å². The summed E-state index contributed by atoms with van der Waals surface area (Å²) in [5.74, 6) is 0. The van der Waals surface area contributed by atoms with Gasteiger partial charge in [-0.2, -0.15) is 5.10 Å². The minimum atomic E-state index is 0.157. The first-order chi connectivity index (χ1) is 9.38. The molecule has 0 radical (unpaired) electrons. The summed E-state index contributed by atoms with van der Waals surface area (Å²) < 4.78 is 1.95. The van der Waals surface area contributed by atoms with Gasteiger partial charge in [-0.1, -0.05) is 25.4 Å². The van der Waals surface area contributed by atoms with Gasteiger partial charge in [0.05, 0.1) is 16.4 Å². The summed E-state index contributed by atoms with van der Waals surface area (Å²) in [6, 6.07) is 0.569. The highest BCUT2D eigenvalue weighted by molar-refractivity contribution is 6.31. The Morgan fingerprint density at radius 1 is 1.40 bits per heavy atom. The van der Waals surface area contributed by atoms with Gasteiger partial charge in [0.1, 0.15) is 0 Å². The van der Waals surface area contributed by atoms with Crippen molar-refractivity contribution < 1.29 is 0 Å². The van der Waals surface area contributed by atoms with Crippen LogP contribution in [0.3, 0.4) is 0 Å². The molecule has 114 valence electrons. The van der Waals surface area contributed by atoms with Crippen LogP contribution in [-0.4, -0.2) is 39.4 Å². The number of hydrogen-bond donors (Lipinski definition) is 1. The van der Waals surface area contributed by atoms with Crippen LogP contribution in [0.2, 0.25) is 5.02 Å². The van der Waals surface area contributed by atoms with Gasteiger partial charge in [-0.15, -0.1) is 0 Å². The van der Waals surface area contributed by atoms with Crippen LogP contribution in [0.15, 0.2) is 0 Å². The molecule has 1 saturated heterocycles. The maximum atomic E-state index is 6.49. The average molecular weight is 299 g/mol. The number of nitrogens with zero attached hydrogens (tertiary/aromatic N) is 3. The number of piperazine rings is 1. The van der Waals surface area contributed by atoms with E-state index in [-0.39, 0.29) is 5.54 Å². The largest absolute Gasteiger partial charge is 0.309 e. The van der Waals surface area contributed by atoms with E-state index in [1.165, 1.54) is 0 Å². The molecule has 0 amide bonds. The molecule has 0 aromatic carbocycles. The van der Waals surface area contributed by atoms with Crippen LogP contribution < -0.4 is 5.32 Å². The smallest absolute Gasteiger partial charge is 0.0863 e. The van der Waals surface area contributed by atoms with Crippen LogP contribution in [0.1, 0.15) is 45.5 Å². The Morgan fingerprint density at radius 2 is 2.10 bits per heavy atom. The minimum absolute atomic E-state index is 0.157. The summed E-state index contributed by atoms with van der Waals surface area (Å²) in [6.07, 6.45) is 2.04. The van der Waals surface area contributed by atoms with E-state index in [9.17, 15) is 0 Å². The van der Waals surface area contributed by atoms with Gasteiger partial charge in [0.15, 0.2) is 0 Å². The summed E-state index contributed by atoms with van der Waals surface area (Å²) in [5.41, 5.74) is 2.30. The minimum Gasteiger partial charge on any atom is -0.309 e. The predicted molar refractivity (Wildman–Crippen MR) is 84.2 cm³/mol. The van der Waals surface area contributed by atoms with E-state index >= 15 is 0 Å². The van der Waals surface area contributed by atoms with E-state index in [0.29, 0.717) is 6.04 Å². The second-order valence-corrected chi connectivity index (χ2v) is 6.79. The Kier molecular flexibility index (Phi) is 4.77. The lowest BCUT2D eigenvalue weighted by atomic mass is 9.97. The molecule has 20 heavy (non-hydrogen) atoms. The van der Waals surface area contributed by atoms with Gasteiger partial charge in [0, 0.05) is 38.3 Å². The maximum Gasteiger partial charge on any atom is 0.0863 e. The number of aromatic nitrogens is 2. The Hall–Kier alpha value is -0.580. The molecule has 0 bridgehead atoms. The summed E-state index contributed by atoms with van der Waals surface area (Å²) in [6.45, 7) is 11.8. The van der Waals surface area contributed by atoms with Crippen LogP contribution in [0.25, 0.3) is 0 Å². The fraction of sp³-hybridized carbons (Fsp3) is 0.800. The molecule has 1 fully saturated rings. The third-order valence-corrected chi connectivity index (χ3v) is 4.69. The molecule has 1 aromatic rings. The zero-order valence-corrected chi connectivity index (χ0v) is 14.1. The van der Waals surface area contributed by atoms with Crippen LogP contribution in [0.4, 0.5) is 0 Å². The Morgan fingerprint density at radius 3 is 2.65 bits per heavy atom. The van der Waals surface area contributed by atoms with Crippen LogP contribution in [-0.2, 0) is 20.0 Å². The molecule has 1 aliphatic heterocycles. The molecule has 1 aromatic heterocycles. The highest BCUT2D eigenvalue weighted by Crippen LogP contribution is 2.25. The predicted octanol–water partition coefficient (Wildman–Crippen LogP) is 2.60. The summed E-state index contributed by atoms with van der Waals surface area (Å²) in [5, 5.41) is 9.00.